The van der Waals surface area contributed by atoms with Crippen LogP contribution < -0.4 is 10.6 Å². The Kier molecular flexibility index (Phi) is 7.73. The molecule has 7 nitrogen and oxygen atoms in total. The molecule has 0 aliphatic heterocycles. The summed E-state index contributed by atoms with van der Waals surface area (Å²) in [6.07, 6.45) is 0.174. The number of carbonyl (C=O) groups excluding carboxylic acids is 3. The van der Waals surface area contributed by atoms with Crippen LogP contribution in [0.4, 0.5) is 4.79 Å². The van der Waals surface area contributed by atoms with E-state index in [2.05, 4.69) is 17.6 Å². The van der Waals surface area contributed by atoms with E-state index in [0.717, 1.165) is 23.1 Å². The van der Waals surface area contributed by atoms with Gasteiger partial charge in [-0.15, -0.1) is 0 Å². The van der Waals surface area contributed by atoms with E-state index in [1.165, 1.54) is 0 Å². The van der Waals surface area contributed by atoms with Crippen LogP contribution in [0.15, 0.2) is 18.2 Å². The van der Waals surface area contributed by atoms with Gasteiger partial charge in [0.05, 0.1) is 0 Å². The molecule has 0 spiro atoms. The lowest BCUT2D eigenvalue weighted by molar-refractivity contribution is -0.141. The number of nitrogens with zero attached hydrogens (tertiary/aromatic N) is 1. The summed E-state index contributed by atoms with van der Waals surface area (Å²) in [7, 11) is 0. The molecule has 1 aromatic carbocycles. The minimum absolute atomic E-state index is 0.0448. The fourth-order valence-corrected chi connectivity index (χ4v) is 3.73. The van der Waals surface area contributed by atoms with Crippen LogP contribution in [-0.4, -0.2) is 47.0 Å². The SMILES string of the molecule is Cc1cc(C)cc(C(C(=O)NC(C)C)N(C(=O)CNC(=O)OC(C)(C)C)C2CC2C)c1. The Morgan fingerprint density at radius 2 is 1.68 bits per heavy atom. The molecule has 0 saturated heterocycles. The largest absolute Gasteiger partial charge is 0.444 e. The van der Waals surface area contributed by atoms with Crippen LogP contribution in [-0.2, 0) is 14.3 Å². The van der Waals surface area contributed by atoms with Crippen molar-refractivity contribution in [3.8, 4) is 0 Å². The second-order valence-corrected chi connectivity index (χ2v) is 9.92. The molecule has 3 amide bonds. The lowest BCUT2D eigenvalue weighted by Crippen LogP contribution is -2.50. The molecule has 2 N–H and O–H groups in total. The first-order valence-electron chi connectivity index (χ1n) is 10.9. The summed E-state index contributed by atoms with van der Waals surface area (Å²) in [5.74, 6) is -0.223. The molecule has 0 radical (unpaired) electrons. The van der Waals surface area contributed by atoms with Crippen LogP contribution in [0.3, 0.4) is 0 Å². The second kappa shape index (κ2) is 9.71. The zero-order chi connectivity index (χ0) is 23.5. The van der Waals surface area contributed by atoms with Crippen LogP contribution in [0, 0.1) is 19.8 Å². The maximum absolute atomic E-state index is 13.3. The Morgan fingerprint density at radius 3 is 2.13 bits per heavy atom. The van der Waals surface area contributed by atoms with Gasteiger partial charge >= 0.3 is 6.09 Å². The Bertz CT molecular complexity index is 808. The predicted octanol–water partition coefficient (Wildman–Crippen LogP) is 3.63. The van der Waals surface area contributed by atoms with E-state index in [1.807, 2.05) is 45.9 Å². The molecule has 3 atom stereocenters. The lowest BCUT2D eigenvalue weighted by Gasteiger charge is -2.33. The summed E-state index contributed by atoms with van der Waals surface area (Å²) in [6.45, 7) is 14.9. The quantitative estimate of drug-likeness (QED) is 0.690. The number of benzene rings is 1. The highest BCUT2D eigenvalue weighted by Gasteiger charge is 2.46. The predicted molar refractivity (Wildman–Crippen MR) is 121 cm³/mol. The van der Waals surface area contributed by atoms with Crippen LogP contribution >= 0.6 is 0 Å². The Labute approximate surface area is 185 Å². The monoisotopic (exact) mass is 431 g/mol. The highest BCUT2D eigenvalue weighted by Crippen LogP contribution is 2.40. The first kappa shape index (κ1) is 24.7. The van der Waals surface area contributed by atoms with Crippen molar-refractivity contribution >= 4 is 17.9 Å². The zero-order valence-electron chi connectivity index (χ0n) is 20.0. The highest BCUT2D eigenvalue weighted by atomic mass is 16.6. The topological polar surface area (TPSA) is 87.7 Å². The number of amides is 3. The number of carbonyl (C=O) groups is 3. The maximum Gasteiger partial charge on any atom is 0.408 e. The van der Waals surface area contributed by atoms with Crippen LogP contribution in [0.2, 0.25) is 0 Å². The molecule has 31 heavy (non-hydrogen) atoms. The molecule has 1 aromatic rings. The number of aryl methyl sites for hydroxylation is 2. The van der Waals surface area contributed by atoms with Crippen molar-refractivity contribution in [2.24, 2.45) is 5.92 Å². The molecule has 7 heteroatoms. The third-order valence-electron chi connectivity index (χ3n) is 5.01. The summed E-state index contributed by atoms with van der Waals surface area (Å²) < 4.78 is 5.24. The summed E-state index contributed by atoms with van der Waals surface area (Å²) in [4.78, 5) is 40.3. The highest BCUT2D eigenvalue weighted by molar-refractivity contribution is 5.91. The van der Waals surface area contributed by atoms with Crippen molar-refractivity contribution in [1.82, 2.24) is 15.5 Å². The average molecular weight is 432 g/mol. The van der Waals surface area contributed by atoms with Gasteiger partial charge in [0.25, 0.3) is 0 Å². The third-order valence-corrected chi connectivity index (χ3v) is 5.01. The van der Waals surface area contributed by atoms with Crippen molar-refractivity contribution < 1.29 is 19.1 Å². The van der Waals surface area contributed by atoms with Gasteiger partial charge in [0.1, 0.15) is 18.2 Å². The van der Waals surface area contributed by atoms with Crippen molar-refractivity contribution in [2.45, 2.75) is 85.5 Å². The first-order valence-corrected chi connectivity index (χ1v) is 10.9. The van der Waals surface area contributed by atoms with Crippen molar-refractivity contribution in [3.05, 3.63) is 34.9 Å². The van der Waals surface area contributed by atoms with Crippen LogP contribution in [0.5, 0.6) is 0 Å². The summed E-state index contributed by atoms with van der Waals surface area (Å²) in [6, 6.07) is 5.07. The van der Waals surface area contributed by atoms with E-state index in [0.29, 0.717) is 5.92 Å². The molecule has 1 aliphatic carbocycles. The minimum atomic E-state index is -0.760. The van der Waals surface area contributed by atoms with Gasteiger partial charge < -0.3 is 20.3 Å². The Morgan fingerprint density at radius 1 is 1.13 bits per heavy atom. The van der Waals surface area contributed by atoms with E-state index < -0.39 is 17.7 Å². The first-order chi connectivity index (χ1) is 14.3. The second-order valence-electron chi connectivity index (χ2n) is 9.92. The Balaban J connectivity index is 2.34. The summed E-state index contributed by atoms with van der Waals surface area (Å²) in [5.41, 5.74) is 2.18. The molecule has 1 saturated carbocycles. The molecular formula is C24H37N3O4. The lowest BCUT2D eigenvalue weighted by atomic mass is 9.98. The van der Waals surface area contributed by atoms with Crippen molar-refractivity contribution in [1.29, 1.82) is 0 Å². The van der Waals surface area contributed by atoms with Crippen molar-refractivity contribution in [2.75, 3.05) is 6.54 Å². The molecule has 3 unspecified atom stereocenters. The fraction of sp³-hybridized carbons (Fsp3) is 0.625. The molecule has 172 valence electrons. The normalized spacial score (nSPS) is 18.9. The van der Waals surface area contributed by atoms with E-state index in [4.69, 9.17) is 4.74 Å². The van der Waals surface area contributed by atoms with Crippen LogP contribution in [0.1, 0.15) is 70.7 Å². The fourth-order valence-electron chi connectivity index (χ4n) is 3.73. The van der Waals surface area contributed by atoms with Gasteiger partial charge in [0.15, 0.2) is 0 Å². The number of hydrogen-bond donors (Lipinski definition) is 2. The van der Waals surface area contributed by atoms with Gasteiger partial charge in [-0.05, 0) is 66.4 Å². The van der Waals surface area contributed by atoms with E-state index >= 15 is 0 Å². The van der Waals surface area contributed by atoms with Crippen LogP contribution in [0.25, 0.3) is 0 Å². The van der Waals surface area contributed by atoms with E-state index in [1.54, 1.807) is 25.7 Å². The molecule has 1 aliphatic rings. The van der Waals surface area contributed by atoms with Gasteiger partial charge in [0.2, 0.25) is 11.8 Å². The molecule has 0 aromatic heterocycles. The zero-order valence-corrected chi connectivity index (χ0v) is 20.0. The number of ether oxygens (including phenoxy) is 1. The number of hydrogen-bond acceptors (Lipinski definition) is 4. The smallest absolute Gasteiger partial charge is 0.408 e. The van der Waals surface area contributed by atoms with Gasteiger partial charge in [-0.3, -0.25) is 9.59 Å². The number of nitrogens with one attached hydrogen (secondary N) is 2. The van der Waals surface area contributed by atoms with E-state index in [9.17, 15) is 14.4 Å². The molecule has 2 rings (SSSR count). The van der Waals surface area contributed by atoms with Crippen molar-refractivity contribution in [3.63, 3.8) is 0 Å². The van der Waals surface area contributed by atoms with Gasteiger partial charge in [-0.1, -0.05) is 36.2 Å². The number of alkyl carbamates (subject to hydrolysis) is 1. The minimum Gasteiger partial charge on any atom is -0.444 e. The van der Waals surface area contributed by atoms with E-state index in [-0.39, 0.29) is 30.4 Å². The summed E-state index contributed by atoms with van der Waals surface area (Å²) >= 11 is 0. The third kappa shape index (κ3) is 7.26. The standard InChI is InChI=1S/C24H37N3O4/c1-14(2)26-22(29)21(18-10-15(3)9-16(4)11-18)27(19-12-17(19)5)20(28)13-25-23(30)31-24(6,7)8/h9-11,14,17,19,21H,12-13H2,1-8H3,(H,25,30)(H,26,29). The molecule has 0 bridgehead atoms. The molecular weight excluding hydrogens is 394 g/mol. The summed E-state index contributed by atoms with van der Waals surface area (Å²) in [5, 5.41) is 5.51. The Hall–Kier alpha value is -2.57. The van der Waals surface area contributed by atoms with Gasteiger partial charge in [-0.25, -0.2) is 4.79 Å². The number of rotatable bonds is 7. The molecule has 1 fully saturated rings. The molecule has 0 heterocycles. The average Bonchev–Trinajstić information content (AvgIpc) is 3.30. The van der Waals surface area contributed by atoms with Gasteiger partial charge in [-0.2, -0.15) is 0 Å². The van der Waals surface area contributed by atoms with Gasteiger partial charge in [0, 0.05) is 12.1 Å². The maximum atomic E-state index is 13.3.